The molecule has 28 heavy (non-hydrogen) atoms. The molecule has 3 rings (SSSR count). The molecule has 0 saturated carbocycles. The molecule has 0 unspecified atom stereocenters. The van der Waals surface area contributed by atoms with E-state index >= 15 is 0 Å². The molecule has 1 aromatic carbocycles. The summed E-state index contributed by atoms with van der Waals surface area (Å²) >= 11 is 0. The number of oxazole rings is 1. The van der Waals surface area contributed by atoms with E-state index in [0.29, 0.717) is 12.2 Å². The summed E-state index contributed by atoms with van der Waals surface area (Å²) in [5.74, 6) is -2.78. The fourth-order valence-electron chi connectivity index (χ4n) is 2.09. The lowest BCUT2D eigenvalue weighted by Crippen LogP contribution is -2.23. The number of nitrogens with one attached hydrogen (secondary N) is 1. The van der Waals surface area contributed by atoms with Gasteiger partial charge < -0.3 is 19.4 Å². The summed E-state index contributed by atoms with van der Waals surface area (Å²) in [6, 6.07) is 7.81. The molecule has 2 aromatic heterocycles. The molecule has 0 aliphatic rings. The fraction of sp³-hybridized carbons (Fsp3) is 0.176. The molecule has 0 saturated heterocycles. The molecule has 148 valence electrons. The Morgan fingerprint density at radius 2 is 1.96 bits per heavy atom. The van der Waals surface area contributed by atoms with Crippen molar-refractivity contribution in [3.63, 3.8) is 0 Å². The third-order valence-corrected chi connectivity index (χ3v) is 3.41. The smallest absolute Gasteiger partial charge is 0.475 e. The maximum Gasteiger partial charge on any atom is 0.490 e. The lowest BCUT2D eigenvalue weighted by molar-refractivity contribution is -0.192. The van der Waals surface area contributed by atoms with Gasteiger partial charge in [-0.15, -0.1) is 0 Å². The minimum absolute atomic E-state index is 0.245. The van der Waals surface area contributed by atoms with E-state index in [1.807, 2.05) is 35.0 Å². The number of rotatable bonds is 4. The first kappa shape index (κ1) is 20.7. The quantitative estimate of drug-likeness (QED) is 0.702. The van der Waals surface area contributed by atoms with Crippen molar-refractivity contribution < 1.29 is 32.3 Å². The molecule has 8 nitrogen and oxygen atoms in total. The number of halogens is 3. The number of carboxylic acids is 1. The van der Waals surface area contributed by atoms with Crippen LogP contribution in [0.4, 0.5) is 13.2 Å². The Balaban J connectivity index is 0.000000345. The molecule has 0 atom stereocenters. The average Bonchev–Trinajstić information content (AvgIpc) is 3.31. The second-order valence-corrected chi connectivity index (χ2v) is 5.35. The third kappa shape index (κ3) is 5.43. The van der Waals surface area contributed by atoms with Gasteiger partial charge in [-0.2, -0.15) is 13.2 Å². The van der Waals surface area contributed by atoms with E-state index in [0.717, 1.165) is 11.3 Å². The van der Waals surface area contributed by atoms with Crippen LogP contribution in [0.1, 0.15) is 21.8 Å². The summed E-state index contributed by atoms with van der Waals surface area (Å²) in [5, 5.41) is 9.96. The van der Waals surface area contributed by atoms with Gasteiger partial charge in [0.1, 0.15) is 0 Å². The second-order valence-electron chi connectivity index (χ2n) is 5.35. The molecule has 0 bridgehead atoms. The van der Waals surface area contributed by atoms with E-state index in [9.17, 15) is 18.0 Å². The normalized spacial score (nSPS) is 10.7. The molecule has 0 aliphatic heterocycles. The number of aliphatic carboxylic acids is 1. The van der Waals surface area contributed by atoms with Gasteiger partial charge in [-0.3, -0.25) is 4.79 Å². The van der Waals surface area contributed by atoms with Crippen LogP contribution in [0.5, 0.6) is 0 Å². The summed E-state index contributed by atoms with van der Waals surface area (Å²) in [6.07, 6.45) is 1.49. The predicted octanol–water partition coefficient (Wildman–Crippen LogP) is 2.73. The topological polar surface area (TPSA) is 110 Å². The molecule has 3 aromatic rings. The van der Waals surface area contributed by atoms with Crippen LogP contribution in [0.15, 0.2) is 53.8 Å². The van der Waals surface area contributed by atoms with E-state index in [2.05, 4.69) is 15.3 Å². The molecule has 0 spiro atoms. The van der Waals surface area contributed by atoms with Crippen molar-refractivity contribution in [2.75, 3.05) is 0 Å². The van der Waals surface area contributed by atoms with Gasteiger partial charge in [0.05, 0.1) is 17.7 Å². The number of alkyl halides is 3. The number of aromatic nitrogens is 3. The van der Waals surface area contributed by atoms with Gasteiger partial charge in [0.15, 0.2) is 6.39 Å². The van der Waals surface area contributed by atoms with Crippen molar-refractivity contribution in [1.82, 2.24) is 19.9 Å². The fourth-order valence-corrected chi connectivity index (χ4v) is 2.09. The van der Waals surface area contributed by atoms with Crippen molar-refractivity contribution in [1.29, 1.82) is 0 Å². The highest BCUT2D eigenvalue weighted by Gasteiger charge is 2.38. The van der Waals surface area contributed by atoms with Crippen molar-refractivity contribution in [3.8, 4) is 5.69 Å². The van der Waals surface area contributed by atoms with Gasteiger partial charge in [-0.25, -0.2) is 14.8 Å². The Bertz CT molecular complexity index is 936. The third-order valence-electron chi connectivity index (χ3n) is 3.41. The highest BCUT2D eigenvalue weighted by atomic mass is 19.4. The minimum atomic E-state index is -5.08. The monoisotopic (exact) mass is 396 g/mol. The summed E-state index contributed by atoms with van der Waals surface area (Å²) in [4.78, 5) is 28.9. The number of para-hydroxylation sites is 1. The summed E-state index contributed by atoms with van der Waals surface area (Å²) in [6.45, 7) is 2.13. The van der Waals surface area contributed by atoms with Gasteiger partial charge in [0, 0.05) is 18.9 Å². The van der Waals surface area contributed by atoms with E-state index in [1.54, 1.807) is 19.4 Å². The van der Waals surface area contributed by atoms with Gasteiger partial charge in [-0.1, -0.05) is 18.2 Å². The van der Waals surface area contributed by atoms with Crippen molar-refractivity contribution in [2.45, 2.75) is 19.6 Å². The van der Waals surface area contributed by atoms with Crippen LogP contribution in [-0.4, -0.2) is 37.7 Å². The van der Waals surface area contributed by atoms with Crippen molar-refractivity contribution in [3.05, 3.63) is 66.4 Å². The van der Waals surface area contributed by atoms with Gasteiger partial charge >= 0.3 is 12.1 Å². The van der Waals surface area contributed by atoms with Gasteiger partial charge in [0.25, 0.3) is 5.91 Å². The first-order valence-corrected chi connectivity index (χ1v) is 7.74. The maximum absolute atomic E-state index is 12.0. The van der Waals surface area contributed by atoms with Crippen LogP contribution in [-0.2, 0) is 11.3 Å². The first-order valence-electron chi connectivity index (χ1n) is 7.74. The van der Waals surface area contributed by atoms with Gasteiger partial charge in [0.2, 0.25) is 5.76 Å². The van der Waals surface area contributed by atoms with E-state index in [1.165, 1.54) is 6.39 Å². The number of imidazole rings is 1. The molecule has 0 fully saturated rings. The Hall–Kier alpha value is -3.63. The Kier molecular flexibility index (Phi) is 6.53. The molecule has 0 aliphatic carbocycles. The lowest BCUT2D eigenvalue weighted by Gasteiger charge is -2.10. The predicted molar refractivity (Wildman–Crippen MR) is 89.7 cm³/mol. The first-order chi connectivity index (χ1) is 13.2. The zero-order valence-corrected chi connectivity index (χ0v) is 14.5. The largest absolute Gasteiger partial charge is 0.490 e. The number of amides is 1. The highest BCUT2D eigenvalue weighted by molar-refractivity contribution is 5.92. The van der Waals surface area contributed by atoms with Crippen LogP contribution in [0, 0.1) is 6.92 Å². The van der Waals surface area contributed by atoms with Gasteiger partial charge in [-0.05, 0) is 18.6 Å². The number of hydrogen-bond acceptors (Lipinski definition) is 5. The summed E-state index contributed by atoms with van der Waals surface area (Å²) < 4.78 is 38.7. The van der Waals surface area contributed by atoms with Crippen molar-refractivity contribution >= 4 is 11.9 Å². The standard InChI is InChI=1S/C15H14N4O2.C2HF3O2/c1-11-14(21-10-18-11)15(20)17-8-12-4-2-3-5-13(12)19-7-6-16-9-19;3-2(4,5)1(6)7/h2-7,9-10H,8H2,1H3,(H,17,20);(H,6,7). The maximum atomic E-state index is 12.0. The van der Waals surface area contributed by atoms with Crippen LogP contribution in [0.2, 0.25) is 0 Å². The lowest BCUT2D eigenvalue weighted by atomic mass is 10.1. The molecule has 0 radical (unpaired) electrons. The van der Waals surface area contributed by atoms with Crippen molar-refractivity contribution in [2.24, 2.45) is 0 Å². The second kappa shape index (κ2) is 8.84. The average molecular weight is 396 g/mol. The number of carbonyl (C=O) groups excluding carboxylic acids is 1. The summed E-state index contributed by atoms with van der Waals surface area (Å²) in [5.41, 5.74) is 2.54. The molecule has 2 heterocycles. The Morgan fingerprint density at radius 3 is 2.50 bits per heavy atom. The molecular formula is C17H15F3N4O4. The zero-order chi connectivity index (χ0) is 20.7. The Morgan fingerprint density at radius 1 is 1.29 bits per heavy atom. The molecule has 1 amide bonds. The minimum Gasteiger partial charge on any atom is -0.475 e. The van der Waals surface area contributed by atoms with Crippen LogP contribution < -0.4 is 5.32 Å². The molecular weight excluding hydrogens is 381 g/mol. The van der Waals surface area contributed by atoms with E-state index in [4.69, 9.17) is 14.3 Å². The number of carboxylic acid groups (broad SMARTS) is 1. The van der Waals surface area contributed by atoms with Crippen LogP contribution in [0.25, 0.3) is 5.69 Å². The SMILES string of the molecule is Cc1ncoc1C(=O)NCc1ccccc1-n1ccnc1.O=C(O)C(F)(F)F. The van der Waals surface area contributed by atoms with Crippen LogP contribution in [0.3, 0.4) is 0 Å². The number of aryl methyl sites for hydroxylation is 1. The Labute approximate surface area is 156 Å². The molecule has 2 N–H and O–H groups in total. The number of hydrogen-bond donors (Lipinski definition) is 2. The van der Waals surface area contributed by atoms with E-state index in [-0.39, 0.29) is 11.7 Å². The zero-order valence-electron chi connectivity index (χ0n) is 14.5. The van der Waals surface area contributed by atoms with Crippen LogP contribution >= 0.6 is 0 Å². The number of benzene rings is 1. The van der Waals surface area contributed by atoms with E-state index < -0.39 is 12.1 Å². The molecule has 11 heteroatoms. The summed E-state index contributed by atoms with van der Waals surface area (Å²) in [7, 11) is 0. The number of carbonyl (C=O) groups is 2. The number of nitrogens with zero attached hydrogens (tertiary/aromatic N) is 3. The highest BCUT2D eigenvalue weighted by Crippen LogP contribution is 2.14.